The first-order valence-electron chi connectivity index (χ1n) is 11.0. The average Bonchev–Trinajstić information content (AvgIpc) is 3.51. The number of nitrogens with zero attached hydrogens (tertiary/aromatic N) is 4. The number of benzene rings is 1. The van der Waals surface area contributed by atoms with E-state index in [1.54, 1.807) is 25.1 Å². The molecule has 2 aromatic heterocycles. The van der Waals surface area contributed by atoms with E-state index >= 15 is 0 Å². The number of likely N-dealkylation sites (tertiary alicyclic amines) is 1. The molecule has 0 radical (unpaired) electrons. The second-order valence-corrected chi connectivity index (χ2v) is 9.50. The maximum atomic E-state index is 14.4. The molecule has 3 amide bonds. The Balaban J connectivity index is 1.41. The van der Waals surface area contributed by atoms with Gasteiger partial charge in [0, 0.05) is 11.8 Å². The van der Waals surface area contributed by atoms with Crippen molar-refractivity contribution in [3.63, 3.8) is 0 Å². The molecule has 12 heteroatoms. The van der Waals surface area contributed by atoms with Crippen LogP contribution in [0, 0.1) is 6.92 Å². The van der Waals surface area contributed by atoms with Crippen LogP contribution in [0.2, 0.25) is 0 Å². The Hall–Kier alpha value is -3.38. The van der Waals surface area contributed by atoms with Gasteiger partial charge in [-0.3, -0.25) is 19.1 Å². The largest absolute Gasteiger partial charge is 0.372 e. The Kier molecular flexibility index (Phi) is 6.01. The fourth-order valence-corrected chi connectivity index (χ4v) is 4.82. The van der Waals surface area contributed by atoms with Crippen LogP contribution in [-0.4, -0.2) is 56.1 Å². The SMILES string of the molecule is Cc1ccc(Br)nc1NC(=O)[C@@H]1C[C@@H](F)CN1C(=O)Cn1nc(C(N)=O)c2cc3c(cc21)COC3. The Bertz CT molecular complexity index is 1380. The normalized spacial score (nSPS) is 19.2. The summed E-state index contributed by atoms with van der Waals surface area (Å²) in [4.78, 5) is 43.7. The van der Waals surface area contributed by atoms with Crippen molar-refractivity contribution in [1.29, 1.82) is 0 Å². The zero-order valence-corrected chi connectivity index (χ0v) is 20.3. The second-order valence-electron chi connectivity index (χ2n) is 8.68. The second kappa shape index (κ2) is 9.00. The Morgan fingerprint density at radius 1 is 1.26 bits per heavy atom. The zero-order chi connectivity index (χ0) is 24.9. The minimum atomic E-state index is -1.35. The van der Waals surface area contributed by atoms with Crippen molar-refractivity contribution in [2.24, 2.45) is 5.73 Å². The number of fused-ring (bicyclic) bond motifs is 2. The van der Waals surface area contributed by atoms with Gasteiger partial charge in [0.2, 0.25) is 11.8 Å². The maximum absolute atomic E-state index is 14.4. The molecule has 35 heavy (non-hydrogen) atoms. The molecule has 5 rings (SSSR count). The van der Waals surface area contributed by atoms with Crippen LogP contribution in [0.15, 0.2) is 28.9 Å². The van der Waals surface area contributed by atoms with E-state index < -0.39 is 29.9 Å². The topological polar surface area (TPSA) is 132 Å². The molecule has 2 aliphatic rings. The third-order valence-electron chi connectivity index (χ3n) is 6.28. The van der Waals surface area contributed by atoms with Gasteiger partial charge in [0.15, 0.2) is 5.69 Å². The van der Waals surface area contributed by atoms with Crippen molar-refractivity contribution >= 4 is 50.4 Å². The lowest BCUT2D eigenvalue weighted by Gasteiger charge is -2.24. The third-order valence-corrected chi connectivity index (χ3v) is 6.72. The minimum Gasteiger partial charge on any atom is -0.372 e. The number of hydrogen-bond acceptors (Lipinski definition) is 6. The molecule has 0 unspecified atom stereocenters. The molecule has 0 spiro atoms. The van der Waals surface area contributed by atoms with E-state index in [1.807, 2.05) is 6.07 Å². The van der Waals surface area contributed by atoms with Gasteiger partial charge in [0.25, 0.3) is 5.91 Å². The predicted octanol–water partition coefficient (Wildman–Crippen LogP) is 2.21. The number of amides is 3. The number of ether oxygens (including phenoxy) is 1. The number of nitrogens with two attached hydrogens (primary N) is 1. The van der Waals surface area contributed by atoms with Gasteiger partial charge in [-0.2, -0.15) is 5.10 Å². The molecule has 0 saturated carbocycles. The number of alkyl halides is 1. The van der Waals surface area contributed by atoms with Gasteiger partial charge >= 0.3 is 0 Å². The molecule has 3 aromatic rings. The van der Waals surface area contributed by atoms with Gasteiger partial charge in [-0.1, -0.05) is 6.07 Å². The molecular formula is C23H22BrFN6O4. The standard InChI is InChI=1S/C23H22BrFN6O4/c1-11-2-3-18(24)27-22(11)28-23(34)17-6-14(25)7-30(17)19(32)8-31-16-5-13-10-35-9-12(13)4-15(16)20(29-31)21(26)33/h2-5,14,17H,6-10H2,1H3,(H2,26,33)(H,27,28,34)/t14-,17+/m1/s1. The molecule has 4 heterocycles. The number of nitrogens with one attached hydrogen (secondary N) is 1. The molecule has 182 valence electrons. The number of anilines is 1. The van der Waals surface area contributed by atoms with Crippen molar-refractivity contribution in [3.8, 4) is 0 Å². The lowest BCUT2D eigenvalue weighted by atomic mass is 10.1. The number of carbonyl (C=O) groups excluding carboxylic acids is 3. The van der Waals surface area contributed by atoms with Gasteiger partial charge < -0.3 is 20.7 Å². The molecule has 1 fully saturated rings. The summed E-state index contributed by atoms with van der Waals surface area (Å²) >= 11 is 3.26. The fourth-order valence-electron chi connectivity index (χ4n) is 4.51. The van der Waals surface area contributed by atoms with Crippen molar-refractivity contribution in [3.05, 3.63) is 51.3 Å². The fraction of sp³-hybridized carbons (Fsp3) is 0.348. The summed E-state index contributed by atoms with van der Waals surface area (Å²) in [7, 11) is 0. The van der Waals surface area contributed by atoms with Gasteiger partial charge in [-0.25, -0.2) is 9.37 Å². The number of hydrogen-bond donors (Lipinski definition) is 2. The van der Waals surface area contributed by atoms with Crippen LogP contribution < -0.4 is 11.1 Å². The van der Waals surface area contributed by atoms with E-state index in [1.165, 1.54) is 9.58 Å². The van der Waals surface area contributed by atoms with E-state index in [9.17, 15) is 18.8 Å². The van der Waals surface area contributed by atoms with E-state index in [4.69, 9.17) is 10.5 Å². The van der Waals surface area contributed by atoms with Crippen molar-refractivity contribution in [2.45, 2.75) is 45.3 Å². The smallest absolute Gasteiger partial charge is 0.269 e. The van der Waals surface area contributed by atoms with Gasteiger partial charge in [-0.05, 0) is 57.7 Å². The zero-order valence-electron chi connectivity index (χ0n) is 18.8. The molecule has 3 N–H and O–H groups in total. The monoisotopic (exact) mass is 544 g/mol. The highest BCUT2D eigenvalue weighted by atomic mass is 79.9. The summed E-state index contributed by atoms with van der Waals surface area (Å²) in [6.07, 6.45) is -1.47. The molecule has 2 aliphatic heterocycles. The predicted molar refractivity (Wildman–Crippen MR) is 127 cm³/mol. The van der Waals surface area contributed by atoms with Crippen LogP contribution in [0.5, 0.6) is 0 Å². The van der Waals surface area contributed by atoms with Crippen LogP contribution in [0.4, 0.5) is 10.2 Å². The summed E-state index contributed by atoms with van der Waals surface area (Å²) in [6.45, 7) is 2.12. The summed E-state index contributed by atoms with van der Waals surface area (Å²) in [5.41, 5.74) is 8.69. The summed E-state index contributed by atoms with van der Waals surface area (Å²) in [5.74, 6) is -1.41. The van der Waals surface area contributed by atoms with Crippen LogP contribution in [-0.2, 0) is 34.1 Å². The van der Waals surface area contributed by atoms with E-state index in [0.29, 0.717) is 34.5 Å². The summed E-state index contributed by atoms with van der Waals surface area (Å²) in [6, 6.07) is 6.13. The highest BCUT2D eigenvalue weighted by Crippen LogP contribution is 2.29. The van der Waals surface area contributed by atoms with E-state index in [2.05, 4.69) is 31.3 Å². The van der Waals surface area contributed by atoms with Gasteiger partial charge in [0.05, 0.1) is 25.3 Å². The molecule has 0 bridgehead atoms. The number of carbonyl (C=O) groups is 3. The molecule has 10 nitrogen and oxygen atoms in total. The Morgan fingerprint density at radius 3 is 2.74 bits per heavy atom. The van der Waals surface area contributed by atoms with Crippen LogP contribution in [0.25, 0.3) is 10.9 Å². The number of primary amides is 1. The number of rotatable bonds is 5. The van der Waals surface area contributed by atoms with Crippen LogP contribution >= 0.6 is 15.9 Å². The number of pyridine rings is 1. The molecule has 2 atom stereocenters. The van der Waals surface area contributed by atoms with Crippen molar-refractivity contribution < 1.29 is 23.5 Å². The van der Waals surface area contributed by atoms with Crippen molar-refractivity contribution in [1.82, 2.24) is 19.7 Å². The minimum absolute atomic E-state index is 0.0396. The highest BCUT2D eigenvalue weighted by Gasteiger charge is 2.40. The third kappa shape index (κ3) is 4.39. The quantitative estimate of drug-likeness (QED) is 0.473. The average molecular weight is 545 g/mol. The van der Waals surface area contributed by atoms with Crippen LogP contribution in [0.1, 0.15) is 33.6 Å². The first-order chi connectivity index (χ1) is 16.7. The Labute approximate surface area is 207 Å². The van der Waals surface area contributed by atoms with E-state index in [0.717, 1.165) is 16.7 Å². The highest BCUT2D eigenvalue weighted by molar-refractivity contribution is 9.10. The maximum Gasteiger partial charge on any atom is 0.269 e. The lowest BCUT2D eigenvalue weighted by molar-refractivity contribution is -0.137. The molecule has 0 aliphatic carbocycles. The molecule has 1 aromatic carbocycles. The van der Waals surface area contributed by atoms with Crippen LogP contribution in [0.3, 0.4) is 0 Å². The van der Waals surface area contributed by atoms with Gasteiger partial charge in [-0.15, -0.1) is 0 Å². The molecular weight excluding hydrogens is 523 g/mol. The number of halogens is 2. The van der Waals surface area contributed by atoms with E-state index in [-0.39, 0.29) is 25.2 Å². The number of aryl methyl sites for hydroxylation is 1. The molecule has 1 saturated heterocycles. The number of aromatic nitrogens is 3. The first-order valence-corrected chi connectivity index (χ1v) is 11.8. The lowest BCUT2D eigenvalue weighted by Crippen LogP contribution is -2.44. The Morgan fingerprint density at radius 2 is 2.00 bits per heavy atom. The van der Waals surface area contributed by atoms with Crippen molar-refractivity contribution in [2.75, 3.05) is 11.9 Å². The van der Waals surface area contributed by atoms with Gasteiger partial charge in [0.1, 0.15) is 29.2 Å². The first kappa shape index (κ1) is 23.4. The summed E-state index contributed by atoms with van der Waals surface area (Å²) in [5, 5.41) is 7.48. The summed E-state index contributed by atoms with van der Waals surface area (Å²) < 4.78 is 21.8.